The van der Waals surface area contributed by atoms with Crippen LogP contribution in [0.15, 0.2) is 58.2 Å². The summed E-state index contributed by atoms with van der Waals surface area (Å²) in [5.41, 5.74) is 2.39. The first-order valence-corrected chi connectivity index (χ1v) is 12.9. The molecule has 0 spiro atoms. The molecule has 4 aromatic rings. The van der Waals surface area contributed by atoms with Gasteiger partial charge < -0.3 is 13.9 Å². The van der Waals surface area contributed by atoms with E-state index < -0.39 is 0 Å². The molecule has 3 heterocycles. The predicted octanol–water partition coefficient (Wildman–Crippen LogP) is 5.37. The molecule has 0 N–H and O–H groups in total. The van der Waals surface area contributed by atoms with Gasteiger partial charge in [0.1, 0.15) is 5.82 Å². The average Bonchev–Trinajstić information content (AvgIpc) is 3.57. The quantitative estimate of drug-likeness (QED) is 0.170. The van der Waals surface area contributed by atoms with Crippen molar-refractivity contribution in [2.45, 2.75) is 43.9 Å². The summed E-state index contributed by atoms with van der Waals surface area (Å²) in [6.07, 6.45) is 2.41. The molecule has 1 saturated heterocycles. The molecule has 0 saturated carbocycles. The second-order valence-electron chi connectivity index (χ2n) is 8.42. The van der Waals surface area contributed by atoms with Gasteiger partial charge in [-0.2, -0.15) is 0 Å². The lowest BCUT2D eigenvalue weighted by Crippen LogP contribution is -2.24. The van der Waals surface area contributed by atoms with Gasteiger partial charge in [0.2, 0.25) is 11.7 Å². The van der Waals surface area contributed by atoms with Crippen molar-refractivity contribution in [2.75, 3.05) is 17.2 Å². The van der Waals surface area contributed by atoms with Crippen LogP contribution in [0.25, 0.3) is 11.0 Å². The molecule has 1 fully saturated rings. The number of benzene rings is 2. The first-order valence-electron chi connectivity index (χ1n) is 11.5. The van der Waals surface area contributed by atoms with E-state index in [4.69, 9.17) is 21.0 Å². The third-order valence-corrected chi connectivity index (χ3v) is 7.14. The molecule has 1 atom stereocenters. The number of amides is 1. The fraction of sp³-hybridized carbons (Fsp3) is 0.320. The summed E-state index contributed by atoms with van der Waals surface area (Å²) in [5.74, 6) is 1.10. The Morgan fingerprint density at radius 3 is 2.77 bits per heavy atom. The van der Waals surface area contributed by atoms with E-state index in [1.807, 2.05) is 41.0 Å². The van der Waals surface area contributed by atoms with Crippen LogP contribution >= 0.6 is 23.4 Å². The number of hydrogen-bond acceptors (Lipinski definition) is 7. The highest BCUT2D eigenvalue weighted by molar-refractivity contribution is 7.99. The van der Waals surface area contributed by atoms with Crippen LogP contribution in [0, 0.1) is 0 Å². The summed E-state index contributed by atoms with van der Waals surface area (Å²) in [6, 6.07) is 14.8. The smallest absolute Gasteiger partial charge is 0.286 e. The number of nitrogens with zero attached hydrogens (tertiary/aromatic N) is 5. The minimum absolute atomic E-state index is 0.00272. The number of unbranched alkanes of at least 4 members (excludes halogenated alkanes) is 1. The van der Waals surface area contributed by atoms with Gasteiger partial charge in [-0.15, -0.1) is 10.2 Å². The largest absolute Gasteiger partial charge is 0.408 e. The second kappa shape index (κ2) is 10.2. The van der Waals surface area contributed by atoms with Gasteiger partial charge in [-0.25, -0.2) is 4.98 Å². The van der Waals surface area contributed by atoms with Gasteiger partial charge in [-0.1, -0.05) is 48.8 Å². The maximum absolute atomic E-state index is 13.1. The number of para-hydroxylation sites is 2. The number of fused-ring (bicyclic) bond motifs is 1. The SMILES string of the molecule is CCCCSc1nnc(C(=O)Cn2c(C3CC(=O)N(c4ccc(Cl)cc4)C3)nc3ccccc32)o1. The Kier molecular flexibility index (Phi) is 6.88. The molecule has 0 aliphatic carbocycles. The Hall–Kier alpha value is -3.17. The zero-order chi connectivity index (χ0) is 24.4. The van der Waals surface area contributed by atoms with Gasteiger partial charge in [0.15, 0.2) is 0 Å². The van der Waals surface area contributed by atoms with Gasteiger partial charge in [-0.05, 0) is 42.8 Å². The van der Waals surface area contributed by atoms with Crippen molar-refractivity contribution in [3.8, 4) is 0 Å². The molecule has 1 aliphatic heterocycles. The Morgan fingerprint density at radius 2 is 1.97 bits per heavy atom. The number of thioether (sulfide) groups is 1. The molecule has 10 heteroatoms. The minimum Gasteiger partial charge on any atom is -0.408 e. The molecular formula is C25H24ClN5O3S. The van der Waals surface area contributed by atoms with Crippen LogP contribution in [0.2, 0.25) is 5.02 Å². The van der Waals surface area contributed by atoms with Crippen molar-refractivity contribution in [3.05, 3.63) is 65.3 Å². The van der Waals surface area contributed by atoms with E-state index in [0.29, 0.717) is 29.0 Å². The van der Waals surface area contributed by atoms with Gasteiger partial charge >= 0.3 is 0 Å². The minimum atomic E-state index is -0.289. The van der Waals surface area contributed by atoms with Crippen molar-refractivity contribution in [1.29, 1.82) is 0 Å². The summed E-state index contributed by atoms with van der Waals surface area (Å²) in [4.78, 5) is 32.5. The molecule has 5 rings (SSSR count). The Labute approximate surface area is 211 Å². The van der Waals surface area contributed by atoms with E-state index >= 15 is 0 Å². The predicted molar refractivity (Wildman–Crippen MR) is 135 cm³/mol. The Bertz CT molecular complexity index is 1370. The number of carbonyl (C=O) groups is 2. The van der Waals surface area contributed by atoms with Gasteiger partial charge in [0.05, 0.1) is 17.6 Å². The van der Waals surface area contributed by atoms with Gasteiger partial charge in [0.25, 0.3) is 11.1 Å². The molecule has 1 amide bonds. The number of hydrogen-bond donors (Lipinski definition) is 0. The van der Waals surface area contributed by atoms with Crippen LogP contribution in [0.5, 0.6) is 0 Å². The topological polar surface area (TPSA) is 94.1 Å². The standard InChI is InChI=1S/C25H24ClN5O3S/c1-2-3-12-35-25-29-28-24(34-25)21(32)15-31-20-7-5-4-6-19(20)27-23(31)16-13-22(33)30(14-16)18-10-8-17(26)9-11-18/h4-11,16H,2-3,12-15H2,1H3. The molecule has 2 aromatic heterocycles. The van der Waals surface area contributed by atoms with E-state index in [1.54, 1.807) is 17.0 Å². The number of halogens is 1. The van der Waals surface area contributed by atoms with E-state index in [1.165, 1.54) is 11.8 Å². The van der Waals surface area contributed by atoms with Crippen LogP contribution in [-0.2, 0) is 11.3 Å². The zero-order valence-electron chi connectivity index (χ0n) is 19.2. The summed E-state index contributed by atoms with van der Waals surface area (Å²) < 4.78 is 7.47. The normalized spacial score (nSPS) is 15.9. The fourth-order valence-corrected chi connectivity index (χ4v) is 5.19. The van der Waals surface area contributed by atoms with E-state index in [-0.39, 0.29) is 30.0 Å². The number of rotatable bonds is 9. The van der Waals surface area contributed by atoms with E-state index in [0.717, 1.165) is 35.3 Å². The maximum atomic E-state index is 13.1. The highest BCUT2D eigenvalue weighted by Crippen LogP contribution is 2.34. The molecular weight excluding hydrogens is 486 g/mol. The molecule has 35 heavy (non-hydrogen) atoms. The van der Waals surface area contributed by atoms with Crippen molar-refractivity contribution in [1.82, 2.24) is 19.7 Å². The van der Waals surface area contributed by atoms with Crippen LogP contribution in [0.3, 0.4) is 0 Å². The monoisotopic (exact) mass is 509 g/mol. The number of imidazole rings is 1. The molecule has 1 aliphatic rings. The average molecular weight is 510 g/mol. The molecule has 0 bridgehead atoms. The number of Topliss-reactive ketones (excluding diaryl/α,β-unsaturated/α-hetero) is 1. The molecule has 2 aromatic carbocycles. The van der Waals surface area contributed by atoms with Crippen LogP contribution < -0.4 is 4.90 Å². The summed E-state index contributed by atoms with van der Waals surface area (Å²) in [7, 11) is 0. The van der Waals surface area contributed by atoms with Gasteiger partial charge in [0, 0.05) is 35.3 Å². The summed E-state index contributed by atoms with van der Waals surface area (Å²) in [6.45, 7) is 2.59. The summed E-state index contributed by atoms with van der Waals surface area (Å²) >= 11 is 7.46. The van der Waals surface area contributed by atoms with Crippen LogP contribution in [-0.4, -0.2) is 43.7 Å². The Morgan fingerprint density at radius 1 is 1.17 bits per heavy atom. The first kappa shape index (κ1) is 23.6. The highest BCUT2D eigenvalue weighted by Gasteiger charge is 2.35. The number of ketones is 1. The van der Waals surface area contributed by atoms with Crippen molar-refractivity contribution in [3.63, 3.8) is 0 Å². The second-order valence-corrected chi connectivity index (χ2v) is 9.91. The third-order valence-electron chi connectivity index (χ3n) is 5.98. The van der Waals surface area contributed by atoms with Gasteiger partial charge in [-0.3, -0.25) is 9.59 Å². The maximum Gasteiger partial charge on any atom is 0.286 e. The fourth-order valence-electron chi connectivity index (χ4n) is 4.22. The molecule has 180 valence electrons. The first-order chi connectivity index (χ1) is 17.0. The number of anilines is 1. The lowest BCUT2D eigenvalue weighted by Gasteiger charge is -2.17. The number of carbonyl (C=O) groups excluding carboxylic acids is 2. The van der Waals surface area contributed by atoms with Crippen molar-refractivity contribution in [2.24, 2.45) is 0 Å². The molecule has 0 radical (unpaired) electrons. The zero-order valence-corrected chi connectivity index (χ0v) is 20.8. The molecule has 8 nitrogen and oxygen atoms in total. The summed E-state index contributed by atoms with van der Waals surface area (Å²) in [5, 5.41) is 8.98. The van der Waals surface area contributed by atoms with Crippen molar-refractivity contribution < 1.29 is 14.0 Å². The lowest BCUT2D eigenvalue weighted by atomic mass is 10.1. The Balaban J connectivity index is 1.40. The number of aromatic nitrogens is 4. The highest BCUT2D eigenvalue weighted by atomic mass is 35.5. The van der Waals surface area contributed by atoms with Crippen LogP contribution in [0.4, 0.5) is 5.69 Å². The molecule has 1 unspecified atom stereocenters. The van der Waals surface area contributed by atoms with Crippen LogP contribution in [0.1, 0.15) is 48.6 Å². The lowest BCUT2D eigenvalue weighted by molar-refractivity contribution is -0.117. The van der Waals surface area contributed by atoms with E-state index in [9.17, 15) is 9.59 Å². The van der Waals surface area contributed by atoms with E-state index in [2.05, 4.69) is 17.1 Å². The van der Waals surface area contributed by atoms with Crippen molar-refractivity contribution >= 4 is 51.8 Å². The third kappa shape index (κ3) is 4.97.